The van der Waals surface area contributed by atoms with Crippen molar-refractivity contribution in [1.29, 1.82) is 0 Å². The van der Waals surface area contributed by atoms with Crippen molar-refractivity contribution in [2.24, 2.45) is 0 Å². The molecule has 0 fully saturated rings. The van der Waals surface area contributed by atoms with Gasteiger partial charge in [0.25, 0.3) is 5.91 Å². The number of anilines is 1. The average Bonchev–Trinajstić information content (AvgIpc) is 2.59. The first-order valence-electron chi connectivity index (χ1n) is 7.24. The van der Waals surface area contributed by atoms with Gasteiger partial charge in [0.15, 0.2) is 11.5 Å². The minimum Gasteiger partial charge on any atom is -0.508 e. The normalized spacial score (nSPS) is 16.4. The van der Waals surface area contributed by atoms with Crippen molar-refractivity contribution in [3.63, 3.8) is 0 Å². The van der Waals surface area contributed by atoms with Gasteiger partial charge in [-0.2, -0.15) is 0 Å². The lowest BCUT2D eigenvalue weighted by Crippen LogP contribution is -2.40. The first-order chi connectivity index (χ1) is 11.5. The van der Waals surface area contributed by atoms with E-state index in [1.807, 2.05) is 0 Å². The van der Waals surface area contributed by atoms with E-state index in [2.05, 4.69) is 5.32 Å². The number of amides is 1. The summed E-state index contributed by atoms with van der Waals surface area (Å²) in [7, 11) is 4.70. The number of carbonyl (C=O) groups excluding carboxylic acids is 1. The number of aromatic hydroxyl groups is 1. The minimum absolute atomic E-state index is 0.0560. The molecule has 1 aliphatic rings. The van der Waals surface area contributed by atoms with Gasteiger partial charge in [-0.05, 0) is 24.3 Å². The summed E-state index contributed by atoms with van der Waals surface area (Å²) in [5.74, 6) is 0.841. The Hall–Kier alpha value is -2.60. The minimum atomic E-state index is -0.554. The number of benzene rings is 2. The monoisotopic (exact) mass is 348 g/mol. The molecule has 1 atom stereocenters. The molecule has 7 heteroatoms. The van der Waals surface area contributed by atoms with Crippen molar-refractivity contribution < 1.29 is 19.4 Å². The van der Waals surface area contributed by atoms with Crippen LogP contribution < -0.4 is 14.8 Å². The van der Waals surface area contributed by atoms with Crippen LogP contribution in [0, 0.1) is 0 Å². The van der Waals surface area contributed by atoms with Crippen molar-refractivity contribution in [2.75, 3.05) is 26.6 Å². The molecule has 0 spiro atoms. The van der Waals surface area contributed by atoms with Gasteiger partial charge in [-0.25, -0.2) is 0 Å². The van der Waals surface area contributed by atoms with E-state index < -0.39 is 6.17 Å². The summed E-state index contributed by atoms with van der Waals surface area (Å²) in [6, 6.07) is 8.06. The van der Waals surface area contributed by atoms with Gasteiger partial charge in [0.2, 0.25) is 0 Å². The molecule has 1 heterocycles. The molecule has 0 aliphatic carbocycles. The first kappa shape index (κ1) is 16.3. The first-order valence-corrected chi connectivity index (χ1v) is 7.62. The number of hydrogen-bond donors (Lipinski definition) is 2. The Bertz CT molecular complexity index is 809. The summed E-state index contributed by atoms with van der Waals surface area (Å²) in [5, 5.41) is 13.9. The van der Waals surface area contributed by atoms with Crippen LogP contribution in [0.2, 0.25) is 5.02 Å². The van der Waals surface area contributed by atoms with Crippen molar-refractivity contribution in [3.05, 3.63) is 46.5 Å². The van der Waals surface area contributed by atoms with Crippen LogP contribution in [-0.2, 0) is 0 Å². The molecular formula is C17H17ClN2O4. The molecule has 0 aromatic heterocycles. The van der Waals surface area contributed by atoms with E-state index in [0.717, 1.165) is 0 Å². The lowest BCUT2D eigenvalue weighted by Gasteiger charge is -2.36. The molecule has 0 unspecified atom stereocenters. The van der Waals surface area contributed by atoms with Crippen LogP contribution in [0.3, 0.4) is 0 Å². The molecule has 3 rings (SSSR count). The number of fused-ring (bicyclic) bond motifs is 1. The highest BCUT2D eigenvalue weighted by molar-refractivity contribution is 6.30. The Kier molecular flexibility index (Phi) is 4.15. The van der Waals surface area contributed by atoms with Gasteiger partial charge in [-0.1, -0.05) is 11.6 Å². The van der Waals surface area contributed by atoms with Gasteiger partial charge in [0.1, 0.15) is 11.9 Å². The topological polar surface area (TPSA) is 71.0 Å². The Labute approximate surface area is 144 Å². The molecule has 24 heavy (non-hydrogen) atoms. The quantitative estimate of drug-likeness (QED) is 0.890. The summed E-state index contributed by atoms with van der Waals surface area (Å²) < 4.78 is 10.5. The van der Waals surface area contributed by atoms with Crippen LogP contribution in [0.25, 0.3) is 0 Å². The molecule has 0 bridgehead atoms. The number of hydrogen-bond acceptors (Lipinski definition) is 5. The van der Waals surface area contributed by atoms with E-state index in [1.54, 1.807) is 31.3 Å². The zero-order chi connectivity index (χ0) is 17.4. The molecule has 6 nitrogen and oxygen atoms in total. The summed E-state index contributed by atoms with van der Waals surface area (Å²) in [4.78, 5) is 14.2. The van der Waals surface area contributed by atoms with Crippen molar-refractivity contribution >= 4 is 23.2 Å². The second kappa shape index (κ2) is 6.13. The van der Waals surface area contributed by atoms with Crippen LogP contribution >= 0.6 is 11.6 Å². The molecule has 2 N–H and O–H groups in total. The number of methoxy groups -OCH3 is 2. The van der Waals surface area contributed by atoms with Gasteiger partial charge >= 0.3 is 0 Å². The zero-order valence-corrected chi connectivity index (χ0v) is 14.2. The predicted molar refractivity (Wildman–Crippen MR) is 91.1 cm³/mol. The fraction of sp³-hybridized carbons (Fsp3) is 0.235. The smallest absolute Gasteiger partial charge is 0.257 e. The Balaban J connectivity index is 2.10. The maximum absolute atomic E-state index is 12.7. The highest BCUT2D eigenvalue weighted by Crippen LogP contribution is 2.41. The van der Waals surface area contributed by atoms with E-state index in [4.69, 9.17) is 21.1 Å². The Morgan fingerprint density at radius 3 is 2.50 bits per heavy atom. The van der Waals surface area contributed by atoms with E-state index in [1.165, 1.54) is 25.2 Å². The van der Waals surface area contributed by atoms with Gasteiger partial charge in [-0.15, -0.1) is 0 Å². The van der Waals surface area contributed by atoms with Crippen LogP contribution in [0.4, 0.5) is 5.69 Å². The largest absolute Gasteiger partial charge is 0.508 e. The molecule has 1 aliphatic heterocycles. The summed E-state index contributed by atoms with van der Waals surface area (Å²) in [6.45, 7) is 0. The standard InChI is InChI=1S/C17H17ClN2O4/c1-20-16(11-6-9(18)4-5-13(11)21)19-12-8-15(24-3)14(23-2)7-10(12)17(20)22/h4-8,16,19,21H,1-3H3/t16-/m1/s1. The van der Waals surface area contributed by atoms with Gasteiger partial charge < -0.3 is 24.8 Å². The van der Waals surface area contributed by atoms with Crippen molar-refractivity contribution in [2.45, 2.75) is 6.17 Å². The lowest BCUT2D eigenvalue weighted by molar-refractivity contribution is 0.0733. The van der Waals surface area contributed by atoms with Crippen molar-refractivity contribution in [1.82, 2.24) is 4.90 Å². The molecule has 1 amide bonds. The summed E-state index contributed by atoms with van der Waals surface area (Å²) in [6.07, 6.45) is -0.554. The predicted octanol–water partition coefficient (Wildman–Crippen LogP) is 3.26. The van der Waals surface area contributed by atoms with Gasteiger partial charge in [-0.3, -0.25) is 4.79 Å². The Morgan fingerprint density at radius 2 is 1.83 bits per heavy atom. The third-order valence-electron chi connectivity index (χ3n) is 4.04. The number of phenolic OH excluding ortho intramolecular Hbond substituents is 1. The number of rotatable bonds is 3. The molecule has 2 aromatic carbocycles. The Morgan fingerprint density at radius 1 is 1.17 bits per heavy atom. The lowest BCUT2D eigenvalue weighted by atomic mass is 10.0. The number of nitrogens with zero attached hydrogens (tertiary/aromatic N) is 1. The van der Waals surface area contributed by atoms with E-state index in [9.17, 15) is 9.90 Å². The highest BCUT2D eigenvalue weighted by Gasteiger charge is 2.33. The number of phenols is 1. The highest BCUT2D eigenvalue weighted by atomic mass is 35.5. The SMILES string of the molecule is COc1cc2c(cc1OC)C(=O)N(C)[C@H](c1cc(Cl)ccc1O)N2. The molecule has 0 saturated carbocycles. The fourth-order valence-electron chi connectivity index (χ4n) is 2.76. The maximum atomic E-state index is 12.7. The van der Waals surface area contributed by atoms with E-state index >= 15 is 0 Å². The number of nitrogens with one attached hydrogen (secondary N) is 1. The van der Waals surface area contributed by atoms with Crippen LogP contribution in [0.1, 0.15) is 22.1 Å². The summed E-state index contributed by atoms with van der Waals surface area (Å²) in [5.41, 5.74) is 1.58. The molecule has 126 valence electrons. The van der Waals surface area contributed by atoms with Gasteiger partial charge in [0, 0.05) is 23.7 Å². The fourth-order valence-corrected chi connectivity index (χ4v) is 2.94. The number of halogens is 1. The third kappa shape index (κ3) is 2.59. The van der Waals surface area contributed by atoms with E-state index in [0.29, 0.717) is 33.3 Å². The van der Waals surface area contributed by atoms with Gasteiger partial charge in [0.05, 0.1) is 25.5 Å². The molecular weight excluding hydrogens is 332 g/mol. The number of carbonyl (C=O) groups is 1. The second-order valence-electron chi connectivity index (χ2n) is 5.42. The van der Waals surface area contributed by atoms with Crippen molar-refractivity contribution in [3.8, 4) is 17.2 Å². The molecule has 0 saturated heterocycles. The van der Waals surface area contributed by atoms with E-state index in [-0.39, 0.29) is 11.7 Å². The zero-order valence-electron chi connectivity index (χ0n) is 13.5. The molecule has 2 aromatic rings. The van der Waals surface area contributed by atoms with Crippen LogP contribution in [0.15, 0.2) is 30.3 Å². The number of ether oxygens (including phenoxy) is 2. The third-order valence-corrected chi connectivity index (χ3v) is 4.27. The average molecular weight is 349 g/mol. The second-order valence-corrected chi connectivity index (χ2v) is 5.86. The summed E-state index contributed by atoms with van der Waals surface area (Å²) >= 11 is 6.03. The van der Waals surface area contributed by atoms with Crippen LogP contribution in [-0.4, -0.2) is 37.2 Å². The van der Waals surface area contributed by atoms with Crippen LogP contribution in [0.5, 0.6) is 17.2 Å². The maximum Gasteiger partial charge on any atom is 0.257 e. The molecule has 0 radical (unpaired) electrons.